The molecule has 39 heavy (non-hydrogen) atoms. The molecule has 0 bridgehead atoms. The van der Waals surface area contributed by atoms with E-state index < -0.39 is 17.2 Å². The largest absolute Gasteiger partial charge is 0.444 e. The fourth-order valence-electron chi connectivity index (χ4n) is 5.74. The number of hydrogen-bond donors (Lipinski definition) is 3. The highest BCUT2D eigenvalue weighted by molar-refractivity contribution is 5.72. The van der Waals surface area contributed by atoms with Gasteiger partial charge in [-0.1, -0.05) is 61.4 Å². The van der Waals surface area contributed by atoms with E-state index in [-0.39, 0.29) is 0 Å². The summed E-state index contributed by atoms with van der Waals surface area (Å²) in [5.74, 6) is 2.50. The van der Waals surface area contributed by atoms with Gasteiger partial charge in [-0.05, 0) is 75.1 Å². The van der Waals surface area contributed by atoms with Gasteiger partial charge in [0, 0.05) is 5.92 Å². The Morgan fingerprint density at radius 2 is 1.36 bits per heavy atom. The third-order valence-electron chi connectivity index (χ3n) is 8.04. The highest BCUT2D eigenvalue weighted by Crippen LogP contribution is 2.41. The van der Waals surface area contributed by atoms with Gasteiger partial charge in [-0.3, -0.25) is 0 Å². The number of amides is 1. The van der Waals surface area contributed by atoms with Crippen molar-refractivity contribution >= 4 is 6.09 Å². The van der Waals surface area contributed by atoms with Crippen molar-refractivity contribution in [2.45, 2.75) is 82.8 Å². The Morgan fingerprint density at radius 1 is 0.821 bits per heavy atom. The summed E-state index contributed by atoms with van der Waals surface area (Å²) in [6.07, 6.45) is 11.2. The number of imidazole rings is 2. The number of H-pyrrole nitrogens is 2. The van der Waals surface area contributed by atoms with Crippen LogP contribution in [0.4, 0.5) is 4.79 Å². The average molecular weight is 524 g/mol. The minimum atomic E-state index is -0.539. The van der Waals surface area contributed by atoms with E-state index in [0.29, 0.717) is 5.92 Å². The number of benzene rings is 2. The van der Waals surface area contributed by atoms with Crippen molar-refractivity contribution < 1.29 is 9.53 Å². The van der Waals surface area contributed by atoms with E-state index in [1.165, 1.54) is 31.2 Å². The number of nitrogens with one attached hydrogen (secondary N) is 3. The quantitative estimate of drug-likeness (QED) is 0.241. The van der Waals surface area contributed by atoms with E-state index in [2.05, 4.69) is 73.8 Å². The summed E-state index contributed by atoms with van der Waals surface area (Å²) in [7, 11) is 0. The lowest BCUT2D eigenvalue weighted by Crippen LogP contribution is -2.52. The molecule has 2 heterocycles. The maximum atomic E-state index is 12.5. The molecule has 202 valence electrons. The molecule has 0 radical (unpaired) electrons. The van der Waals surface area contributed by atoms with Crippen LogP contribution < -0.4 is 5.32 Å². The van der Waals surface area contributed by atoms with Crippen LogP contribution in [0.2, 0.25) is 0 Å². The first-order valence-electron chi connectivity index (χ1n) is 14.1. The molecule has 6 rings (SSSR count). The van der Waals surface area contributed by atoms with Gasteiger partial charge < -0.3 is 20.0 Å². The number of alkyl carbamates (subject to hydrolysis) is 1. The van der Waals surface area contributed by atoms with Crippen molar-refractivity contribution in [3.05, 3.63) is 72.6 Å². The predicted molar refractivity (Wildman–Crippen MR) is 153 cm³/mol. The SMILES string of the molecule is CC(C)(C)OC(=O)NC1(c2ncc(-c3ccc(-c4ccc(-c5cnc(C6CCCC6)[nH]5)cc4)cc3)[nH]2)CCC1. The summed E-state index contributed by atoms with van der Waals surface area (Å²) in [5.41, 5.74) is 5.52. The normalized spacial score (nSPS) is 17.1. The van der Waals surface area contributed by atoms with Crippen LogP contribution in [-0.4, -0.2) is 31.6 Å². The van der Waals surface area contributed by atoms with E-state index >= 15 is 0 Å². The number of aromatic nitrogens is 4. The number of hydrogen-bond acceptors (Lipinski definition) is 4. The topological polar surface area (TPSA) is 95.7 Å². The maximum Gasteiger partial charge on any atom is 0.408 e. The number of carbonyl (C=O) groups is 1. The van der Waals surface area contributed by atoms with Crippen LogP contribution in [0.3, 0.4) is 0 Å². The van der Waals surface area contributed by atoms with Gasteiger partial charge in [0.25, 0.3) is 0 Å². The van der Waals surface area contributed by atoms with E-state index in [0.717, 1.165) is 59.0 Å². The summed E-state index contributed by atoms with van der Waals surface area (Å²) in [5, 5.41) is 3.07. The Kier molecular flexibility index (Phi) is 6.53. The molecule has 2 saturated carbocycles. The van der Waals surface area contributed by atoms with Gasteiger partial charge in [0.05, 0.1) is 23.8 Å². The van der Waals surface area contributed by atoms with Gasteiger partial charge in [0.15, 0.2) is 0 Å². The molecule has 2 fully saturated rings. The molecule has 2 aliphatic carbocycles. The second kappa shape index (κ2) is 10.0. The Hall–Kier alpha value is -3.87. The standard InChI is InChI=1S/C32H37N5O2/c1-31(2,3)39-30(38)37-32(17-6-18-32)29-34-20-27(36-29)24-15-11-22(12-16-24)21-9-13-23(14-10-21)26-19-33-28(35-26)25-7-4-5-8-25/h9-16,19-20,25H,4-8,17-18H2,1-3H3,(H,33,35)(H,34,36)(H,37,38). The Bertz CT molecular complexity index is 1430. The van der Waals surface area contributed by atoms with Crippen LogP contribution in [0, 0.1) is 0 Å². The van der Waals surface area contributed by atoms with Crippen LogP contribution in [0.15, 0.2) is 60.9 Å². The van der Waals surface area contributed by atoms with Crippen LogP contribution in [0.1, 0.15) is 83.3 Å². The van der Waals surface area contributed by atoms with E-state index in [4.69, 9.17) is 4.74 Å². The first-order chi connectivity index (χ1) is 18.8. The van der Waals surface area contributed by atoms with Crippen LogP contribution in [-0.2, 0) is 10.3 Å². The zero-order valence-corrected chi connectivity index (χ0v) is 23.0. The first-order valence-corrected chi connectivity index (χ1v) is 14.1. The molecule has 0 saturated heterocycles. The first kappa shape index (κ1) is 25.4. The Balaban J connectivity index is 1.14. The zero-order chi connectivity index (χ0) is 27.0. The van der Waals surface area contributed by atoms with Crippen molar-refractivity contribution in [1.82, 2.24) is 25.3 Å². The summed E-state index contributed by atoms with van der Waals surface area (Å²) in [6, 6.07) is 17.1. The molecule has 0 unspecified atom stereocenters. The Labute approximate surface area is 229 Å². The number of nitrogens with zero attached hydrogens (tertiary/aromatic N) is 2. The molecule has 3 N–H and O–H groups in total. The lowest BCUT2D eigenvalue weighted by Gasteiger charge is -2.40. The van der Waals surface area contributed by atoms with E-state index in [1.807, 2.05) is 33.2 Å². The molecule has 0 aliphatic heterocycles. The van der Waals surface area contributed by atoms with Crippen molar-refractivity contribution in [3.63, 3.8) is 0 Å². The van der Waals surface area contributed by atoms with Crippen molar-refractivity contribution in [2.24, 2.45) is 0 Å². The second-order valence-electron chi connectivity index (χ2n) is 12.0. The minimum Gasteiger partial charge on any atom is -0.444 e. The van der Waals surface area contributed by atoms with Gasteiger partial charge >= 0.3 is 6.09 Å². The summed E-state index contributed by atoms with van der Waals surface area (Å²) < 4.78 is 5.50. The lowest BCUT2D eigenvalue weighted by atomic mass is 9.76. The van der Waals surface area contributed by atoms with Gasteiger partial charge in [-0.15, -0.1) is 0 Å². The summed E-state index contributed by atoms with van der Waals surface area (Å²) in [4.78, 5) is 28.8. The highest BCUT2D eigenvalue weighted by Gasteiger charge is 2.43. The van der Waals surface area contributed by atoms with Gasteiger partial charge in [0.1, 0.15) is 22.8 Å². The molecule has 0 atom stereocenters. The predicted octanol–water partition coefficient (Wildman–Crippen LogP) is 7.70. The number of aromatic amines is 2. The average Bonchev–Trinajstić information content (AvgIpc) is 3.67. The van der Waals surface area contributed by atoms with Crippen molar-refractivity contribution in [1.29, 1.82) is 0 Å². The smallest absolute Gasteiger partial charge is 0.408 e. The number of carbonyl (C=O) groups excluding carboxylic acids is 1. The molecule has 1 amide bonds. The zero-order valence-electron chi connectivity index (χ0n) is 23.0. The van der Waals surface area contributed by atoms with Gasteiger partial charge in [0.2, 0.25) is 0 Å². The maximum absolute atomic E-state index is 12.5. The van der Waals surface area contributed by atoms with Crippen LogP contribution in [0.25, 0.3) is 33.6 Å². The molecular formula is C32H37N5O2. The van der Waals surface area contributed by atoms with Crippen molar-refractivity contribution in [2.75, 3.05) is 0 Å². The van der Waals surface area contributed by atoms with E-state index in [1.54, 1.807) is 0 Å². The molecule has 2 aromatic carbocycles. The van der Waals surface area contributed by atoms with Crippen molar-refractivity contribution in [3.8, 4) is 33.6 Å². The molecule has 2 aromatic heterocycles. The second-order valence-corrected chi connectivity index (χ2v) is 12.0. The molecule has 4 aromatic rings. The monoisotopic (exact) mass is 523 g/mol. The lowest BCUT2D eigenvalue weighted by molar-refractivity contribution is 0.0366. The number of rotatable bonds is 6. The third kappa shape index (κ3) is 5.35. The third-order valence-corrected chi connectivity index (χ3v) is 8.04. The molecule has 7 heteroatoms. The molecular weight excluding hydrogens is 486 g/mol. The van der Waals surface area contributed by atoms with Crippen LogP contribution >= 0.6 is 0 Å². The fraction of sp³-hybridized carbons (Fsp3) is 0.406. The van der Waals surface area contributed by atoms with Gasteiger partial charge in [-0.2, -0.15) is 0 Å². The summed E-state index contributed by atoms with van der Waals surface area (Å²) >= 11 is 0. The molecule has 7 nitrogen and oxygen atoms in total. The molecule has 2 aliphatic rings. The van der Waals surface area contributed by atoms with E-state index in [9.17, 15) is 4.79 Å². The summed E-state index contributed by atoms with van der Waals surface area (Å²) in [6.45, 7) is 5.61. The number of ether oxygens (including phenoxy) is 1. The molecule has 0 spiro atoms. The fourth-order valence-corrected chi connectivity index (χ4v) is 5.74. The van der Waals surface area contributed by atoms with Crippen LogP contribution in [0.5, 0.6) is 0 Å². The highest BCUT2D eigenvalue weighted by atomic mass is 16.6. The minimum absolute atomic E-state index is 0.405. The van der Waals surface area contributed by atoms with Gasteiger partial charge in [-0.25, -0.2) is 14.8 Å². The Morgan fingerprint density at radius 3 is 1.90 bits per heavy atom.